The number of hydrogen-bond acceptors (Lipinski definition) is 3. The van der Waals surface area contributed by atoms with Gasteiger partial charge in [0.05, 0.1) is 0 Å². The predicted molar refractivity (Wildman–Crippen MR) is 78.8 cm³/mol. The fraction of sp³-hybridized carbons (Fsp3) is 0.600. The number of anilines is 1. The molecule has 0 N–H and O–H groups in total. The second-order valence-corrected chi connectivity index (χ2v) is 5.05. The van der Waals surface area contributed by atoms with Gasteiger partial charge >= 0.3 is 0 Å². The lowest BCUT2D eigenvalue weighted by molar-refractivity contribution is 0.259. The highest BCUT2D eigenvalue weighted by Crippen LogP contribution is 2.29. The summed E-state index contributed by atoms with van der Waals surface area (Å²) in [6.45, 7) is 3.88. The van der Waals surface area contributed by atoms with Crippen molar-refractivity contribution in [2.24, 2.45) is 0 Å². The largest absolute Gasteiger partial charge is 0.492 e. The van der Waals surface area contributed by atoms with Crippen molar-refractivity contribution in [3.8, 4) is 5.75 Å². The summed E-state index contributed by atoms with van der Waals surface area (Å²) in [5.74, 6) is 1.03. The Morgan fingerprint density at radius 2 is 1.83 bits per heavy atom. The molecule has 0 amide bonds. The van der Waals surface area contributed by atoms with Crippen molar-refractivity contribution < 1.29 is 4.74 Å². The zero-order valence-electron chi connectivity index (χ0n) is 12.4. The molecule has 0 aliphatic heterocycles. The van der Waals surface area contributed by atoms with Gasteiger partial charge in [-0.25, -0.2) is 0 Å². The third-order valence-corrected chi connectivity index (χ3v) is 2.89. The lowest BCUT2D eigenvalue weighted by atomic mass is 10.1. The molecule has 0 heterocycles. The zero-order chi connectivity index (χ0) is 13.5. The quantitative estimate of drug-likeness (QED) is 0.740. The van der Waals surface area contributed by atoms with E-state index in [1.807, 2.05) is 0 Å². The highest BCUT2D eigenvalue weighted by atomic mass is 16.5. The van der Waals surface area contributed by atoms with Crippen molar-refractivity contribution in [2.45, 2.75) is 19.8 Å². The van der Waals surface area contributed by atoms with Crippen LogP contribution in [0.25, 0.3) is 0 Å². The van der Waals surface area contributed by atoms with E-state index in [4.69, 9.17) is 4.74 Å². The molecule has 102 valence electrons. The molecule has 0 aliphatic rings. The average molecular weight is 250 g/mol. The lowest BCUT2D eigenvalue weighted by Crippen LogP contribution is -2.20. The van der Waals surface area contributed by atoms with E-state index in [9.17, 15) is 0 Å². The first-order valence-corrected chi connectivity index (χ1v) is 6.63. The molecule has 3 nitrogen and oxygen atoms in total. The Balaban J connectivity index is 2.85. The third-order valence-electron chi connectivity index (χ3n) is 2.89. The van der Waals surface area contributed by atoms with Crippen molar-refractivity contribution >= 4 is 5.69 Å². The van der Waals surface area contributed by atoms with E-state index in [1.54, 1.807) is 0 Å². The second kappa shape index (κ2) is 7.27. The molecule has 0 bridgehead atoms. The highest BCUT2D eigenvalue weighted by Gasteiger charge is 2.10. The van der Waals surface area contributed by atoms with Crippen LogP contribution in [0, 0.1) is 0 Å². The summed E-state index contributed by atoms with van der Waals surface area (Å²) >= 11 is 0. The fourth-order valence-electron chi connectivity index (χ4n) is 1.95. The van der Waals surface area contributed by atoms with E-state index >= 15 is 0 Å². The van der Waals surface area contributed by atoms with Crippen LogP contribution in [0.1, 0.15) is 18.9 Å². The fourth-order valence-corrected chi connectivity index (χ4v) is 1.95. The van der Waals surface area contributed by atoms with Gasteiger partial charge in [0, 0.05) is 31.9 Å². The number of likely N-dealkylation sites (N-methyl/N-ethyl adjacent to an activating group) is 1. The molecule has 0 aliphatic carbocycles. The minimum atomic E-state index is 0.737. The molecule has 3 heteroatoms. The summed E-state index contributed by atoms with van der Waals surface area (Å²) in [6.07, 6.45) is 2.19. The Labute approximate surface area is 111 Å². The van der Waals surface area contributed by atoms with Gasteiger partial charge in [-0.15, -0.1) is 0 Å². The minimum Gasteiger partial charge on any atom is -0.492 e. The summed E-state index contributed by atoms with van der Waals surface area (Å²) in [6, 6.07) is 6.30. The van der Waals surface area contributed by atoms with E-state index in [0.717, 1.165) is 31.7 Å². The molecule has 0 saturated carbocycles. The van der Waals surface area contributed by atoms with Crippen molar-refractivity contribution in [1.29, 1.82) is 0 Å². The zero-order valence-corrected chi connectivity index (χ0v) is 12.4. The van der Waals surface area contributed by atoms with E-state index < -0.39 is 0 Å². The predicted octanol–water partition coefficient (Wildman–Crippen LogP) is 2.65. The Bertz CT molecular complexity index is 362. The lowest BCUT2D eigenvalue weighted by Gasteiger charge is -2.21. The van der Waals surface area contributed by atoms with Gasteiger partial charge in [-0.1, -0.05) is 19.4 Å². The van der Waals surface area contributed by atoms with Crippen LogP contribution in [0.4, 0.5) is 5.69 Å². The van der Waals surface area contributed by atoms with Crippen LogP contribution in [-0.2, 0) is 6.42 Å². The summed E-state index contributed by atoms with van der Waals surface area (Å²) in [4.78, 5) is 4.29. The molecule has 0 fully saturated rings. The first kappa shape index (κ1) is 14.8. The molecule has 0 spiro atoms. The maximum absolute atomic E-state index is 5.92. The molecule has 0 radical (unpaired) electrons. The normalized spacial score (nSPS) is 10.8. The maximum atomic E-state index is 5.92. The van der Waals surface area contributed by atoms with E-state index in [0.29, 0.717) is 0 Å². The summed E-state index contributed by atoms with van der Waals surface area (Å²) in [5, 5.41) is 0. The molecule has 18 heavy (non-hydrogen) atoms. The van der Waals surface area contributed by atoms with Crippen LogP contribution in [0.2, 0.25) is 0 Å². The highest BCUT2D eigenvalue weighted by molar-refractivity contribution is 5.58. The Kier molecular flexibility index (Phi) is 5.99. The van der Waals surface area contributed by atoms with Crippen LogP contribution < -0.4 is 9.64 Å². The molecule has 1 rings (SSSR count). The molecule has 0 atom stereocenters. The first-order chi connectivity index (χ1) is 8.56. The number of ether oxygens (including phenoxy) is 1. The Morgan fingerprint density at radius 3 is 2.39 bits per heavy atom. The molecule has 0 aromatic heterocycles. The SMILES string of the molecule is CCCc1c(OCCN(C)C)cccc1N(C)C. The topological polar surface area (TPSA) is 15.7 Å². The third kappa shape index (κ3) is 4.22. The van der Waals surface area contributed by atoms with Gasteiger partial charge in [-0.3, -0.25) is 0 Å². The number of benzene rings is 1. The first-order valence-electron chi connectivity index (χ1n) is 6.63. The minimum absolute atomic E-state index is 0.737. The molecular weight excluding hydrogens is 224 g/mol. The van der Waals surface area contributed by atoms with Gasteiger partial charge in [-0.05, 0) is 32.6 Å². The average Bonchev–Trinajstić information content (AvgIpc) is 2.30. The molecule has 1 aromatic rings. The number of hydrogen-bond donors (Lipinski definition) is 0. The van der Waals surface area contributed by atoms with Crippen molar-refractivity contribution in [1.82, 2.24) is 4.90 Å². The number of rotatable bonds is 7. The van der Waals surface area contributed by atoms with E-state index in [1.165, 1.54) is 11.3 Å². The van der Waals surface area contributed by atoms with Gasteiger partial charge in [0.2, 0.25) is 0 Å². The standard InChI is InChI=1S/C15H26N2O/c1-6-8-13-14(17(4)5)9-7-10-15(13)18-12-11-16(2)3/h7,9-10H,6,8,11-12H2,1-5H3. The summed E-state index contributed by atoms with van der Waals surface area (Å²) in [5.41, 5.74) is 2.59. The maximum Gasteiger partial charge on any atom is 0.124 e. The van der Waals surface area contributed by atoms with E-state index in [2.05, 4.69) is 63.1 Å². The van der Waals surface area contributed by atoms with Gasteiger partial charge in [0.1, 0.15) is 12.4 Å². The Morgan fingerprint density at radius 1 is 1.11 bits per heavy atom. The smallest absolute Gasteiger partial charge is 0.124 e. The van der Waals surface area contributed by atoms with Crippen LogP contribution in [0.3, 0.4) is 0 Å². The van der Waals surface area contributed by atoms with Crippen molar-refractivity contribution in [3.63, 3.8) is 0 Å². The number of nitrogens with zero attached hydrogens (tertiary/aromatic N) is 2. The van der Waals surface area contributed by atoms with Gasteiger partial charge in [0.25, 0.3) is 0 Å². The van der Waals surface area contributed by atoms with Gasteiger partial charge < -0.3 is 14.5 Å². The van der Waals surface area contributed by atoms with Crippen molar-refractivity contribution in [3.05, 3.63) is 23.8 Å². The van der Waals surface area contributed by atoms with E-state index in [-0.39, 0.29) is 0 Å². The Hall–Kier alpha value is -1.22. The molecular formula is C15H26N2O. The summed E-state index contributed by atoms with van der Waals surface area (Å²) in [7, 11) is 8.29. The van der Waals surface area contributed by atoms with Crippen LogP contribution in [0.15, 0.2) is 18.2 Å². The molecule has 0 saturated heterocycles. The van der Waals surface area contributed by atoms with Gasteiger partial charge in [-0.2, -0.15) is 0 Å². The van der Waals surface area contributed by atoms with Crippen LogP contribution in [0.5, 0.6) is 5.75 Å². The monoisotopic (exact) mass is 250 g/mol. The molecule has 1 aromatic carbocycles. The van der Waals surface area contributed by atoms with Crippen molar-refractivity contribution in [2.75, 3.05) is 46.2 Å². The van der Waals surface area contributed by atoms with Crippen LogP contribution in [-0.4, -0.2) is 46.2 Å². The second-order valence-electron chi connectivity index (χ2n) is 5.05. The van der Waals surface area contributed by atoms with Gasteiger partial charge in [0.15, 0.2) is 0 Å². The summed E-state index contributed by atoms with van der Waals surface area (Å²) < 4.78 is 5.92. The van der Waals surface area contributed by atoms with Crippen LogP contribution >= 0.6 is 0 Å². The molecule has 0 unspecified atom stereocenters.